The highest BCUT2D eigenvalue weighted by Gasteiger charge is 2.46. The third kappa shape index (κ3) is 3.88. The molecule has 0 amide bonds. The minimum atomic E-state index is -0.272. The molecule has 118 valence electrons. The average molecular weight is 307 g/mol. The Morgan fingerprint density at radius 1 is 1.09 bits per heavy atom. The first-order valence-electron chi connectivity index (χ1n) is 7.99. The molecule has 1 saturated heterocycles. The maximum absolute atomic E-state index is 11.6. The fourth-order valence-electron chi connectivity index (χ4n) is 2.92. The zero-order valence-corrected chi connectivity index (χ0v) is 13.3. The number of carbonyl (C=O) groups is 1. The summed E-state index contributed by atoms with van der Waals surface area (Å²) in [6.45, 7) is 3.10. The van der Waals surface area contributed by atoms with E-state index in [1.165, 1.54) is 11.1 Å². The number of nitrogens with zero attached hydrogens (tertiary/aromatic N) is 1. The number of carbonyl (C=O) groups excluding carboxylic acids is 1. The van der Waals surface area contributed by atoms with E-state index in [2.05, 4.69) is 53.4 Å². The topological polar surface area (TPSA) is 29.3 Å². The van der Waals surface area contributed by atoms with Crippen LogP contribution < -0.4 is 0 Å². The summed E-state index contributed by atoms with van der Waals surface area (Å²) in [5.41, 5.74) is 2.56. The SMILES string of the molecule is CCOC(=O)/C=C/C1C(c2ccccc2)N1Cc1ccccc1. The lowest BCUT2D eigenvalue weighted by molar-refractivity contribution is -0.137. The molecule has 23 heavy (non-hydrogen) atoms. The molecule has 1 aliphatic rings. The van der Waals surface area contributed by atoms with E-state index in [4.69, 9.17) is 4.74 Å². The lowest BCUT2D eigenvalue weighted by atomic mass is 10.1. The van der Waals surface area contributed by atoms with Gasteiger partial charge in [-0.2, -0.15) is 0 Å². The van der Waals surface area contributed by atoms with Gasteiger partial charge in [0.1, 0.15) is 0 Å². The molecular weight excluding hydrogens is 286 g/mol. The van der Waals surface area contributed by atoms with Crippen molar-refractivity contribution in [3.05, 3.63) is 83.9 Å². The van der Waals surface area contributed by atoms with Crippen molar-refractivity contribution in [2.24, 2.45) is 0 Å². The molecule has 2 aromatic rings. The smallest absolute Gasteiger partial charge is 0.330 e. The standard InChI is InChI=1S/C20H21NO2/c1-2-23-19(22)14-13-18-20(17-11-7-4-8-12-17)21(18)15-16-9-5-3-6-10-16/h3-14,18,20H,2,15H2,1H3/b14-13+. The zero-order chi connectivity index (χ0) is 16.1. The van der Waals surface area contributed by atoms with Crippen molar-refractivity contribution in [1.82, 2.24) is 4.90 Å². The molecule has 1 heterocycles. The van der Waals surface area contributed by atoms with E-state index in [1.54, 1.807) is 6.08 Å². The molecule has 0 saturated carbocycles. The zero-order valence-electron chi connectivity index (χ0n) is 13.3. The highest BCUT2D eigenvalue weighted by atomic mass is 16.5. The van der Waals surface area contributed by atoms with Crippen LogP contribution in [0.4, 0.5) is 0 Å². The van der Waals surface area contributed by atoms with Gasteiger partial charge >= 0.3 is 5.97 Å². The van der Waals surface area contributed by atoms with Gasteiger partial charge < -0.3 is 4.74 Å². The Hall–Kier alpha value is -2.39. The summed E-state index contributed by atoms with van der Waals surface area (Å²) in [6, 6.07) is 21.4. The maximum atomic E-state index is 11.6. The van der Waals surface area contributed by atoms with Gasteiger partial charge in [0.25, 0.3) is 0 Å². The minimum Gasteiger partial charge on any atom is -0.463 e. The van der Waals surface area contributed by atoms with Crippen molar-refractivity contribution in [2.45, 2.75) is 25.6 Å². The molecule has 0 aromatic heterocycles. The first kappa shape index (κ1) is 15.5. The second-order valence-corrected chi connectivity index (χ2v) is 5.62. The Bertz CT molecular complexity index is 667. The number of rotatable bonds is 6. The lowest BCUT2D eigenvalue weighted by Gasteiger charge is -2.04. The molecule has 2 aromatic carbocycles. The van der Waals surface area contributed by atoms with Gasteiger partial charge in [0.05, 0.1) is 12.6 Å². The summed E-state index contributed by atoms with van der Waals surface area (Å²) in [4.78, 5) is 13.9. The largest absolute Gasteiger partial charge is 0.463 e. The summed E-state index contributed by atoms with van der Waals surface area (Å²) in [6.07, 6.45) is 3.51. The first-order valence-corrected chi connectivity index (χ1v) is 7.99. The minimum absolute atomic E-state index is 0.238. The predicted molar refractivity (Wildman–Crippen MR) is 90.7 cm³/mol. The van der Waals surface area contributed by atoms with Crippen LogP contribution in [0.25, 0.3) is 0 Å². The summed E-state index contributed by atoms with van der Waals surface area (Å²) in [5, 5.41) is 0. The molecule has 0 spiro atoms. The molecular formula is C20H21NO2. The van der Waals surface area contributed by atoms with Gasteiger partial charge in [-0.25, -0.2) is 4.79 Å². The van der Waals surface area contributed by atoms with Crippen molar-refractivity contribution in [3.63, 3.8) is 0 Å². The van der Waals surface area contributed by atoms with Gasteiger partial charge in [0, 0.05) is 18.7 Å². The van der Waals surface area contributed by atoms with Crippen LogP contribution in [0, 0.1) is 0 Å². The van der Waals surface area contributed by atoms with Crippen LogP contribution in [0.5, 0.6) is 0 Å². The number of hydrogen-bond donors (Lipinski definition) is 0. The van der Waals surface area contributed by atoms with E-state index in [1.807, 2.05) is 25.1 Å². The molecule has 3 atom stereocenters. The van der Waals surface area contributed by atoms with Crippen molar-refractivity contribution in [2.75, 3.05) is 6.61 Å². The molecule has 3 unspecified atom stereocenters. The van der Waals surface area contributed by atoms with Crippen LogP contribution >= 0.6 is 0 Å². The highest BCUT2D eigenvalue weighted by Crippen LogP contribution is 2.45. The molecule has 0 N–H and O–H groups in total. The quantitative estimate of drug-likeness (QED) is 0.462. The third-order valence-electron chi connectivity index (χ3n) is 4.04. The van der Waals surface area contributed by atoms with Gasteiger partial charge in [0.2, 0.25) is 0 Å². The molecule has 0 aliphatic carbocycles. The molecule has 1 fully saturated rings. The van der Waals surface area contributed by atoms with Crippen LogP contribution in [0.15, 0.2) is 72.8 Å². The highest BCUT2D eigenvalue weighted by molar-refractivity contribution is 5.82. The summed E-state index contributed by atoms with van der Waals surface area (Å²) in [7, 11) is 0. The van der Waals surface area contributed by atoms with Crippen LogP contribution in [-0.4, -0.2) is 23.5 Å². The molecule has 0 bridgehead atoms. The summed E-state index contributed by atoms with van der Waals surface area (Å²) < 4.78 is 4.97. The van der Waals surface area contributed by atoms with Crippen molar-refractivity contribution in [3.8, 4) is 0 Å². The lowest BCUT2D eigenvalue weighted by Crippen LogP contribution is -2.02. The van der Waals surface area contributed by atoms with E-state index >= 15 is 0 Å². The van der Waals surface area contributed by atoms with Gasteiger partial charge in [0.15, 0.2) is 0 Å². The van der Waals surface area contributed by atoms with E-state index < -0.39 is 0 Å². The second-order valence-electron chi connectivity index (χ2n) is 5.62. The van der Waals surface area contributed by atoms with Crippen molar-refractivity contribution >= 4 is 5.97 Å². The fraction of sp³-hybridized carbons (Fsp3) is 0.250. The Morgan fingerprint density at radius 3 is 2.39 bits per heavy atom. The maximum Gasteiger partial charge on any atom is 0.330 e. The number of hydrogen-bond acceptors (Lipinski definition) is 3. The molecule has 0 radical (unpaired) electrons. The predicted octanol–water partition coefficient (Wildman–Crippen LogP) is 3.73. The van der Waals surface area contributed by atoms with Crippen molar-refractivity contribution in [1.29, 1.82) is 0 Å². The average Bonchev–Trinajstić information content (AvgIpc) is 3.27. The van der Waals surface area contributed by atoms with Gasteiger partial charge in [-0.05, 0) is 18.1 Å². The third-order valence-corrected chi connectivity index (χ3v) is 4.04. The van der Waals surface area contributed by atoms with Crippen LogP contribution in [0.2, 0.25) is 0 Å². The summed E-state index contributed by atoms with van der Waals surface area (Å²) >= 11 is 0. The Morgan fingerprint density at radius 2 is 1.74 bits per heavy atom. The second kappa shape index (κ2) is 7.25. The number of ether oxygens (including phenoxy) is 1. The fourth-order valence-corrected chi connectivity index (χ4v) is 2.92. The van der Waals surface area contributed by atoms with Crippen LogP contribution in [0.3, 0.4) is 0 Å². The molecule has 3 nitrogen and oxygen atoms in total. The molecule has 3 rings (SSSR count). The molecule has 1 aliphatic heterocycles. The van der Waals surface area contributed by atoms with Gasteiger partial charge in [-0.1, -0.05) is 66.7 Å². The van der Waals surface area contributed by atoms with Gasteiger partial charge in [-0.3, -0.25) is 4.90 Å². The van der Waals surface area contributed by atoms with Crippen LogP contribution in [-0.2, 0) is 16.1 Å². The monoisotopic (exact) mass is 307 g/mol. The Balaban J connectivity index is 1.74. The van der Waals surface area contributed by atoms with E-state index in [0.717, 1.165) is 6.54 Å². The van der Waals surface area contributed by atoms with Crippen LogP contribution in [0.1, 0.15) is 24.1 Å². The summed E-state index contributed by atoms with van der Waals surface area (Å²) in [5.74, 6) is -0.272. The first-order chi connectivity index (χ1) is 11.3. The van der Waals surface area contributed by atoms with Gasteiger partial charge in [-0.15, -0.1) is 0 Å². The number of benzene rings is 2. The van der Waals surface area contributed by atoms with E-state index in [0.29, 0.717) is 12.6 Å². The van der Waals surface area contributed by atoms with E-state index in [9.17, 15) is 4.79 Å². The Labute approximate surface area is 137 Å². The van der Waals surface area contributed by atoms with Crippen molar-refractivity contribution < 1.29 is 9.53 Å². The normalized spacial score (nSPS) is 22.9. The van der Waals surface area contributed by atoms with E-state index in [-0.39, 0.29) is 12.0 Å². The number of esters is 1. The molecule has 3 heteroatoms. The Kier molecular flexibility index (Phi) is 4.89.